The van der Waals surface area contributed by atoms with Crippen LogP contribution in [0.5, 0.6) is 5.75 Å². The first-order valence-electron chi connectivity index (χ1n) is 9.54. The van der Waals surface area contributed by atoms with E-state index < -0.39 is 23.7 Å². The number of hydrogen-bond acceptors (Lipinski definition) is 4. The highest BCUT2D eigenvalue weighted by molar-refractivity contribution is 5.80. The topological polar surface area (TPSA) is 84.9 Å². The lowest BCUT2D eigenvalue weighted by molar-refractivity contribution is -0.139. The third kappa shape index (κ3) is 9.87. The largest absolute Gasteiger partial charge is 0.493 e. The predicted octanol–water partition coefficient (Wildman–Crippen LogP) is 4.41. The number of hydrogen-bond donors (Lipinski definition) is 2. The van der Waals surface area contributed by atoms with Gasteiger partial charge in [0, 0.05) is 0 Å². The molecule has 0 saturated carbocycles. The maximum atomic E-state index is 11.8. The van der Waals surface area contributed by atoms with Gasteiger partial charge in [0.15, 0.2) is 0 Å². The predicted molar refractivity (Wildman–Crippen MR) is 105 cm³/mol. The molecule has 0 spiro atoms. The smallest absolute Gasteiger partial charge is 0.408 e. The summed E-state index contributed by atoms with van der Waals surface area (Å²) in [5.41, 5.74) is 0.318. The number of aliphatic carboxylic acids is 1. The highest BCUT2D eigenvalue weighted by Gasteiger charge is 2.23. The minimum atomic E-state index is -1.08. The number of aryl methyl sites for hydroxylation is 1. The monoisotopic (exact) mass is 379 g/mol. The molecule has 1 rings (SSSR count). The van der Waals surface area contributed by atoms with Gasteiger partial charge < -0.3 is 19.9 Å². The van der Waals surface area contributed by atoms with Crippen LogP contribution in [0.3, 0.4) is 0 Å². The summed E-state index contributed by atoms with van der Waals surface area (Å²) in [6.07, 6.45) is 2.37. The van der Waals surface area contributed by atoms with Crippen LogP contribution in [0, 0.1) is 5.92 Å². The molecule has 6 heteroatoms. The zero-order valence-electron chi connectivity index (χ0n) is 17.1. The maximum absolute atomic E-state index is 11.8. The molecule has 0 aromatic heterocycles. The lowest BCUT2D eigenvalue weighted by Gasteiger charge is -2.22. The minimum absolute atomic E-state index is 0.280. The van der Waals surface area contributed by atoms with E-state index in [1.807, 2.05) is 24.3 Å². The van der Waals surface area contributed by atoms with Crippen molar-refractivity contribution in [2.24, 2.45) is 5.92 Å². The van der Waals surface area contributed by atoms with Crippen LogP contribution < -0.4 is 10.1 Å². The molecule has 1 unspecified atom stereocenters. The first-order valence-corrected chi connectivity index (χ1v) is 9.54. The first kappa shape index (κ1) is 22.8. The number of benzene rings is 1. The van der Waals surface area contributed by atoms with E-state index in [-0.39, 0.29) is 6.42 Å². The van der Waals surface area contributed by atoms with Gasteiger partial charge in [-0.15, -0.1) is 0 Å². The van der Waals surface area contributed by atoms with Gasteiger partial charge in [0.2, 0.25) is 0 Å². The highest BCUT2D eigenvalue weighted by atomic mass is 16.6. The Morgan fingerprint density at radius 3 is 2.30 bits per heavy atom. The molecule has 0 fully saturated rings. The molecule has 0 heterocycles. The summed E-state index contributed by atoms with van der Waals surface area (Å²) in [5, 5.41) is 11.7. The zero-order valence-corrected chi connectivity index (χ0v) is 17.1. The Hall–Kier alpha value is -2.24. The van der Waals surface area contributed by atoms with Crippen molar-refractivity contribution in [2.45, 2.75) is 71.9 Å². The number of rotatable bonds is 10. The lowest BCUT2D eigenvalue weighted by atomic mass is 10.1. The maximum Gasteiger partial charge on any atom is 0.408 e. The minimum Gasteiger partial charge on any atom is -0.493 e. The van der Waals surface area contributed by atoms with E-state index in [9.17, 15) is 14.7 Å². The Morgan fingerprint density at radius 2 is 1.78 bits per heavy atom. The second kappa shape index (κ2) is 10.8. The fraction of sp³-hybridized carbons (Fsp3) is 0.619. The first-order chi connectivity index (χ1) is 12.6. The van der Waals surface area contributed by atoms with E-state index in [1.165, 1.54) is 0 Å². The summed E-state index contributed by atoms with van der Waals surface area (Å²) in [6, 6.07) is 6.64. The van der Waals surface area contributed by atoms with Crippen molar-refractivity contribution in [1.29, 1.82) is 0 Å². The van der Waals surface area contributed by atoms with Crippen molar-refractivity contribution in [3.05, 3.63) is 29.8 Å². The molecular weight excluding hydrogens is 346 g/mol. The van der Waals surface area contributed by atoms with Crippen LogP contribution in [-0.4, -0.2) is 35.4 Å². The molecule has 0 aliphatic carbocycles. The molecule has 2 atom stereocenters. The van der Waals surface area contributed by atoms with E-state index >= 15 is 0 Å². The Bertz CT molecular complexity index is 592. The number of ether oxygens (including phenoxy) is 2. The normalized spacial score (nSPS) is 13.5. The average Bonchev–Trinajstić information content (AvgIpc) is 2.56. The van der Waals surface area contributed by atoms with Crippen LogP contribution in [0.25, 0.3) is 0 Å². The molecule has 1 aromatic rings. The van der Waals surface area contributed by atoms with Crippen LogP contribution in [0.2, 0.25) is 0 Å². The second-order valence-electron chi connectivity index (χ2n) is 7.92. The quantitative estimate of drug-likeness (QED) is 0.629. The summed E-state index contributed by atoms with van der Waals surface area (Å²) in [7, 11) is 0. The Balaban J connectivity index is 2.51. The summed E-state index contributed by atoms with van der Waals surface area (Å²) in [6.45, 7) is 10.2. The average molecular weight is 379 g/mol. The molecule has 0 aliphatic heterocycles. The number of carboxylic acids is 1. The number of carbonyl (C=O) groups is 2. The summed E-state index contributed by atoms with van der Waals surface area (Å²) in [4.78, 5) is 23.2. The number of alkyl carbamates (subject to hydrolysis) is 1. The SMILES string of the molecule is CCC[C@@H](C)COc1ccc(CCC(NC(=O)OC(C)(C)C)C(=O)O)cc1. The van der Waals surface area contributed by atoms with Crippen molar-refractivity contribution in [3.8, 4) is 5.75 Å². The van der Waals surface area contributed by atoms with E-state index in [0.717, 1.165) is 24.2 Å². The molecule has 0 aliphatic rings. The molecule has 0 bridgehead atoms. The number of carbonyl (C=O) groups excluding carboxylic acids is 1. The summed E-state index contributed by atoms with van der Waals surface area (Å²) in [5.74, 6) is 0.249. The molecule has 2 N–H and O–H groups in total. The van der Waals surface area contributed by atoms with Gasteiger partial charge in [-0.3, -0.25) is 0 Å². The third-order valence-electron chi connectivity index (χ3n) is 3.95. The van der Waals surface area contributed by atoms with Gasteiger partial charge in [-0.1, -0.05) is 32.4 Å². The summed E-state index contributed by atoms with van der Waals surface area (Å²) >= 11 is 0. The molecule has 6 nitrogen and oxygen atoms in total. The van der Waals surface area contributed by atoms with Crippen molar-refractivity contribution in [1.82, 2.24) is 5.32 Å². The molecule has 0 radical (unpaired) electrons. The van der Waals surface area contributed by atoms with E-state index in [4.69, 9.17) is 9.47 Å². The van der Waals surface area contributed by atoms with Crippen molar-refractivity contribution < 1.29 is 24.2 Å². The van der Waals surface area contributed by atoms with E-state index in [0.29, 0.717) is 18.9 Å². The molecular formula is C21H33NO5. The van der Waals surface area contributed by atoms with Gasteiger partial charge in [0.05, 0.1) is 6.61 Å². The highest BCUT2D eigenvalue weighted by Crippen LogP contribution is 2.16. The fourth-order valence-corrected chi connectivity index (χ4v) is 2.59. The summed E-state index contributed by atoms with van der Waals surface area (Å²) < 4.78 is 10.9. The van der Waals surface area contributed by atoms with Crippen LogP contribution in [-0.2, 0) is 16.0 Å². The molecule has 152 valence electrons. The van der Waals surface area contributed by atoms with Crippen LogP contribution in [0.4, 0.5) is 4.79 Å². The zero-order chi connectivity index (χ0) is 20.4. The molecule has 0 saturated heterocycles. The van der Waals surface area contributed by atoms with Gasteiger partial charge >= 0.3 is 12.1 Å². The van der Waals surface area contributed by atoms with Gasteiger partial charge in [0.1, 0.15) is 17.4 Å². The molecule has 1 aromatic carbocycles. The number of carboxylic acid groups (broad SMARTS) is 1. The third-order valence-corrected chi connectivity index (χ3v) is 3.95. The Labute approximate surface area is 162 Å². The van der Waals surface area contributed by atoms with Gasteiger partial charge in [-0.05, 0) is 63.6 Å². The standard InChI is InChI=1S/C21H33NO5/c1-6-7-15(2)14-26-17-11-8-16(9-12-17)10-13-18(19(23)24)22-20(25)27-21(3,4)5/h8-9,11-12,15,18H,6-7,10,13-14H2,1-5H3,(H,22,25)(H,23,24)/t15-,18?/m1/s1. The molecule has 27 heavy (non-hydrogen) atoms. The van der Waals surface area contributed by atoms with Crippen molar-refractivity contribution in [3.63, 3.8) is 0 Å². The van der Waals surface area contributed by atoms with Crippen LogP contribution >= 0.6 is 0 Å². The lowest BCUT2D eigenvalue weighted by Crippen LogP contribution is -2.43. The van der Waals surface area contributed by atoms with Gasteiger partial charge in [0.25, 0.3) is 0 Å². The number of amides is 1. The second-order valence-corrected chi connectivity index (χ2v) is 7.92. The fourth-order valence-electron chi connectivity index (χ4n) is 2.59. The van der Waals surface area contributed by atoms with Gasteiger partial charge in [-0.2, -0.15) is 0 Å². The van der Waals surface area contributed by atoms with Crippen molar-refractivity contribution >= 4 is 12.1 Å². The number of nitrogens with one attached hydrogen (secondary N) is 1. The van der Waals surface area contributed by atoms with E-state index in [2.05, 4.69) is 19.2 Å². The van der Waals surface area contributed by atoms with Gasteiger partial charge in [-0.25, -0.2) is 9.59 Å². The Kier molecular flexibility index (Phi) is 9.12. The Morgan fingerprint density at radius 1 is 1.15 bits per heavy atom. The van der Waals surface area contributed by atoms with Crippen molar-refractivity contribution in [2.75, 3.05) is 6.61 Å². The van der Waals surface area contributed by atoms with Crippen LogP contribution in [0.15, 0.2) is 24.3 Å². The van der Waals surface area contributed by atoms with E-state index in [1.54, 1.807) is 20.8 Å². The molecule has 1 amide bonds. The van der Waals surface area contributed by atoms with Crippen LogP contribution in [0.1, 0.15) is 59.4 Å².